The van der Waals surface area contributed by atoms with Gasteiger partial charge in [-0.2, -0.15) is 0 Å². The van der Waals surface area contributed by atoms with Crippen LogP contribution in [-0.2, 0) is 22.6 Å². The molecule has 3 atom stereocenters. The fourth-order valence-corrected chi connectivity index (χ4v) is 4.13. The minimum absolute atomic E-state index is 0.352. The molecule has 2 amide bonds. The normalized spacial score (nSPS) is 15.8. The van der Waals surface area contributed by atoms with Crippen LogP contribution in [0.1, 0.15) is 29.7 Å². The minimum Gasteiger partial charge on any atom is -0.380 e. The van der Waals surface area contributed by atoms with Gasteiger partial charge in [0.15, 0.2) is 12.2 Å². The lowest BCUT2D eigenvalue weighted by Gasteiger charge is -2.31. The predicted octanol–water partition coefficient (Wildman–Crippen LogP) is 2.84. The second kappa shape index (κ2) is 9.98. The van der Waals surface area contributed by atoms with Gasteiger partial charge in [0.25, 0.3) is 11.8 Å². The molecule has 4 rings (SSSR count). The lowest BCUT2D eigenvalue weighted by molar-refractivity contribution is -0.154. The van der Waals surface area contributed by atoms with Crippen molar-refractivity contribution in [3.63, 3.8) is 0 Å². The van der Waals surface area contributed by atoms with E-state index in [0.29, 0.717) is 19.5 Å². The van der Waals surface area contributed by atoms with E-state index in [-0.39, 0.29) is 0 Å². The number of rotatable bonds is 6. The van der Waals surface area contributed by atoms with E-state index >= 15 is 0 Å². The van der Waals surface area contributed by atoms with Gasteiger partial charge in [0.1, 0.15) is 0 Å². The Bertz CT molecular complexity index is 1110. The van der Waals surface area contributed by atoms with Crippen LogP contribution in [0.15, 0.2) is 78.9 Å². The molecule has 1 aliphatic rings. The lowest BCUT2D eigenvalue weighted by Crippen LogP contribution is -2.51. The van der Waals surface area contributed by atoms with E-state index in [4.69, 9.17) is 0 Å². The first-order valence-electron chi connectivity index (χ1n) is 11.1. The number of hydrogen-bond acceptors (Lipinski definition) is 4. The van der Waals surface area contributed by atoms with Crippen LogP contribution in [0.3, 0.4) is 0 Å². The molecule has 0 spiro atoms. The number of aliphatic hydroxyl groups excluding tert-OH is 2. The maximum absolute atomic E-state index is 12.7. The van der Waals surface area contributed by atoms with Crippen LogP contribution in [0.25, 0.3) is 11.1 Å². The van der Waals surface area contributed by atoms with Gasteiger partial charge in [0.05, 0.1) is 6.04 Å². The largest absolute Gasteiger partial charge is 0.380 e. The Kier molecular flexibility index (Phi) is 6.87. The summed E-state index contributed by atoms with van der Waals surface area (Å²) in [4.78, 5) is 26.7. The molecule has 0 radical (unpaired) electrons. The molecule has 3 aromatic carbocycles. The van der Waals surface area contributed by atoms with Crippen LogP contribution in [0.2, 0.25) is 0 Å². The molecular weight excluding hydrogens is 416 g/mol. The lowest BCUT2D eigenvalue weighted by atomic mass is 9.99. The predicted molar refractivity (Wildman–Crippen MR) is 126 cm³/mol. The second-order valence-electron chi connectivity index (χ2n) is 8.39. The molecule has 0 aromatic heterocycles. The molecule has 3 aromatic rings. The van der Waals surface area contributed by atoms with E-state index < -0.39 is 30.1 Å². The third-order valence-electron chi connectivity index (χ3n) is 6.14. The highest BCUT2D eigenvalue weighted by atomic mass is 16.3. The first kappa shape index (κ1) is 22.7. The Labute approximate surface area is 193 Å². The number of fused-ring (bicyclic) bond motifs is 1. The summed E-state index contributed by atoms with van der Waals surface area (Å²) in [5, 5.41) is 23.5. The number of amides is 2. The van der Waals surface area contributed by atoms with Crippen molar-refractivity contribution in [2.45, 2.75) is 38.1 Å². The van der Waals surface area contributed by atoms with Gasteiger partial charge in [-0.15, -0.1) is 0 Å². The van der Waals surface area contributed by atoms with Gasteiger partial charge >= 0.3 is 0 Å². The van der Waals surface area contributed by atoms with Crippen LogP contribution in [-0.4, -0.2) is 45.7 Å². The quantitative estimate of drug-likeness (QED) is 0.545. The summed E-state index contributed by atoms with van der Waals surface area (Å²) in [6.07, 6.45) is -2.99. The molecule has 170 valence electrons. The first-order chi connectivity index (χ1) is 15.9. The molecule has 0 saturated carbocycles. The van der Waals surface area contributed by atoms with Gasteiger partial charge in [-0.25, -0.2) is 0 Å². The standard InChI is InChI=1S/C27H28N2O4/c1-18(19-11-13-22(14-12-19)20-7-3-2-4-8-20)28-26(32)24(30)25(31)27(33)29-16-15-21-9-5-6-10-23(21)17-29/h2-14,18,24-25,30-31H,15-17H2,1H3,(H,28,32)/t18-,24+,25?/m0/s1. The number of aliphatic hydroxyl groups is 2. The molecule has 6 nitrogen and oxygen atoms in total. The molecule has 33 heavy (non-hydrogen) atoms. The van der Waals surface area contributed by atoms with Crippen LogP contribution in [0, 0.1) is 0 Å². The zero-order valence-corrected chi connectivity index (χ0v) is 18.5. The van der Waals surface area contributed by atoms with Crippen molar-refractivity contribution in [3.8, 4) is 11.1 Å². The maximum Gasteiger partial charge on any atom is 0.255 e. The van der Waals surface area contributed by atoms with Gasteiger partial charge < -0.3 is 20.4 Å². The highest BCUT2D eigenvalue weighted by molar-refractivity contribution is 5.91. The highest BCUT2D eigenvalue weighted by Gasteiger charge is 2.35. The van der Waals surface area contributed by atoms with Gasteiger partial charge in [-0.05, 0) is 41.2 Å². The molecule has 0 bridgehead atoms. The average molecular weight is 445 g/mol. The summed E-state index contributed by atoms with van der Waals surface area (Å²) in [5.74, 6) is -1.43. The Balaban J connectivity index is 1.35. The van der Waals surface area contributed by atoms with E-state index in [9.17, 15) is 19.8 Å². The fourth-order valence-electron chi connectivity index (χ4n) is 4.13. The van der Waals surface area contributed by atoms with E-state index in [0.717, 1.165) is 22.3 Å². The number of benzene rings is 3. The van der Waals surface area contributed by atoms with Gasteiger partial charge in [-0.1, -0.05) is 78.9 Å². The van der Waals surface area contributed by atoms with Crippen molar-refractivity contribution in [2.75, 3.05) is 6.54 Å². The van der Waals surface area contributed by atoms with Crippen molar-refractivity contribution >= 4 is 11.8 Å². The summed E-state index contributed by atoms with van der Waals surface area (Å²) in [6, 6.07) is 25.1. The molecular formula is C27H28N2O4. The van der Waals surface area contributed by atoms with Crippen LogP contribution >= 0.6 is 0 Å². The average Bonchev–Trinajstić information content (AvgIpc) is 2.87. The third-order valence-corrected chi connectivity index (χ3v) is 6.14. The summed E-state index contributed by atoms with van der Waals surface area (Å²) < 4.78 is 0. The second-order valence-corrected chi connectivity index (χ2v) is 8.39. The smallest absolute Gasteiger partial charge is 0.255 e. The summed E-state index contributed by atoms with van der Waals surface area (Å²) in [5.41, 5.74) is 5.18. The Morgan fingerprint density at radius 1 is 0.818 bits per heavy atom. The maximum atomic E-state index is 12.7. The molecule has 1 unspecified atom stereocenters. The van der Waals surface area contributed by atoms with Gasteiger partial charge in [-0.3, -0.25) is 9.59 Å². The van der Waals surface area contributed by atoms with E-state index in [2.05, 4.69) is 5.32 Å². The van der Waals surface area contributed by atoms with Gasteiger partial charge in [0, 0.05) is 13.1 Å². The Morgan fingerprint density at radius 3 is 2.12 bits per heavy atom. The highest BCUT2D eigenvalue weighted by Crippen LogP contribution is 2.22. The van der Waals surface area contributed by atoms with Gasteiger partial charge in [0.2, 0.25) is 0 Å². The van der Waals surface area contributed by atoms with Crippen LogP contribution in [0.5, 0.6) is 0 Å². The Hall–Kier alpha value is -3.48. The van der Waals surface area contributed by atoms with Crippen molar-refractivity contribution in [3.05, 3.63) is 95.6 Å². The van der Waals surface area contributed by atoms with Crippen molar-refractivity contribution in [2.24, 2.45) is 0 Å². The molecule has 6 heteroatoms. The molecule has 1 heterocycles. The monoisotopic (exact) mass is 444 g/mol. The minimum atomic E-state index is -1.85. The van der Waals surface area contributed by atoms with Crippen LogP contribution in [0.4, 0.5) is 0 Å². The number of nitrogens with one attached hydrogen (secondary N) is 1. The Morgan fingerprint density at radius 2 is 1.42 bits per heavy atom. The number of nitrogens with zero attached hydrogens (tertiary/aromatic N) is 1. The topological polar surface area (TPSA) is 89.9 Å². The summed E-state index contributed by atoms with van der Waals surface area (Å²) in [6.45, 7) is 2.58. The zero-order valence-electron chi connectivity index (χ0n) is 18.5. The summed E-state index contributed by atoms with van der Waals surface area (Å²) >= 11 is 0. The van der Waals surface area contributed by atoms with Crippen LogP contribution < -0.4 is 5.32 Å². The summed E-state index contributed by atoms with van der Waals surface area (Å²) in [7, 11) is 0. The van der Waals surface area contributed by atoms with E-state index in [1.165, 1.54) is 10.5 Å². The molecule has 1 aliphatic heterocycles. The molecule has 0 fully saturated rings. The molecule has 0 saturated heterocycles. The van der Waals surface area contributed by atoms with E-state index in [1.807, 2.05) is 78.9 Å². The third kappa shape index (κ3) is 5.13. The van der Waals surface area contributed by atoms with Crippen molar-refractivity contribution in [1.29, 1.82) is 0 Å². The van der Waals surface area contributed by atoms with Crippen molar-refractivity contribution < 1.29 is 19.8 Å². The van der Waals surface area contributed by atoms with E-state index in [1.54, 1.807) is 6.92 Å². The number of hydrogen-bond donors (Lipinski definition) is 3. The first-order valence-corrected chi connectivity index (χ1v) is 11.1. The fraction of sp³-hybridized carbons (Fsp3) is 0.259. The number of carbonyl (C=O) groups is 2. The molecule has 0 aliphatic carbocycles. The zero-order chi connectivity index (χ0) is 23.4. The van der Waals surface area contributed by atoms with Crippen molar-refractivity contribution in [1.82, 2.24) is 10.2 Å². The SMILES string of the molecule is C[C@H](NC(=O)[C@H](O)C(O)C(=O)N1CCc2ccccc2C1)c1ccc(-c2ccccc2)cc1. The number of carbonyl (C=O) groups excluding carboxylic acids is 2. The molecule has 3 N–H and O–H groups in total.